The lowest BCUT2D eigenvalue weighted by atomic mass is 10.0. The number of nitrogens with zero attached hydrogens (tertiary/aromatic N) is 2. The van der Waals surface area contributed by atoms with Crippen molar-refractivity contribution in [3.05, 3.63) is 53.9 Å². The molecule has 1 atom stereocenters. The first-order valence-corrected chi connectivity index (χ1v) is 5.81. The van der Waals surface area contributed by atoms with Gasteiger partial charge in [0.05, 0.1) is 18.1 Å². The molecular formula is C13H14FN3. The van der Waals surface area contributed by atoms with Crippen molar-refractivity contribution in [1.29, 1.82) is 0 Å². The molecule has 3 nitrogen and oxygen atoms in total. The van der Waals surface area contributed by atoms with Gasteiger partial charge in [0, 0.05) is 19.3 Å². The van der Waals surface area contributed by atoms with E-state index in [9.17, 15) is 4.39 Å². The normalized spacial score (nSPS) is 19.0. The van der Waals surface area contributed by atoms with Crippen LogP contribution in [-0.2, 0) is 13.0 Å². The van der Waals surface area contributed by atoms with E-state index in [1.807, 2.05) is 18.6 Å². The Morgan fingerprint density at radius 3 is 3.29 bits per heavy atom. The number of imidazole rings is 1. The predicted molar refractivity (Wildman–Crippen MR) is 63.1 cm³/mol. The molecule has 3 rings (SSSR count). The molecule has 1 unspecified atom stereocenters. The molecule has 1 aliphatic rings. The fourth-order valence-corrected chi connectivity index (χ4v) is 2.35. The summed E-state index contributed by atoms with van der Waals surface area (Å²) in [5, 5.41) is 3.45. The van der Waals surface area contributed by atoms with Crippen LogP contribution in [0.3, 0.4) is 0 Å². The van der Waals surface area contributed by atoms with Crippen LogP contribution in [0.1, 0.15) is 17.3 Å². The van der Waals surface area contributed by atoms with E-state index in [0.717, 1.165) is 25.1 Å². The molecule has 0 bridgehead atoms. The third kappa shape index (κ3) is 2.08. The number of aromatic nitrogens is 2. The summed E-state index contributed by atoms with van der Waals surface area (Å²) < 4.78 is 15.3. The third-order valence-electron chi connectivity index (χ3n) is 3.17. The monoisotopic (exact) mass is 231 g/mol. The second-order valence-electron chi connectivity index (χ2n) is 4.35. The minimum atomic E-state index is -0.174. The van der Waals surface area contributed by atoms with Crippen LogP contribution >= 0.6 is 0 Å². The molecule has 0 saturated heterocycles. The fraction of sp³-hybridized carbons (Fsp3) is 0.308. The van der Waals surface area contributed by atoms with Gasteiger partial charge in [0.15, 0.2) is 0 Å². The molecule has 2 heterocycles. The van der Waals surface area contributed by atoms with Crippen LogP contribution in [0.5, 0.6) is 0 Å². The third-order valence-corrected chi connectivity index (χ3v) is 3.17. The zero-order valence-electron chi connectivity index (χ0n) is 9.44. The number of benzene rings is 1. The molecule has 0 aliphatic carbocycles. The van der Waals surface area contributed by atoms with Crippen LogP contribution in [0.25, 0.3) is 0 Å². The van der Waals surface area contributed by atoms with E-state index in [0.29, 0.717) is 0 Å². The quantitative estimate of drug-likeness (QED) is 0.855. The van der Waals surface area contributed by atoms with Crippen molar-refractivity contribution in [2.24, 2.45) is 0 Å². The Hall–Kier alpha value is -1.68. The maximum Gasteiger partial charge on any atom is 0.123 e. The molecule has 1 N–H and O–H groups in total. The van der Waals surface area contributed by atoms with Gasteiger partial charge in [-0.3, -0.25) is 0 Å². The van der Waals surface area contributed by atoms with Crippen molar-refractivity contribution in [3.63, 3.8) is 0 Å². The van der Waals surface area contributed by atoms with Gasteiger partial charge in [-0.25, -0.2) is 9.37 Å². The summed E-state index contributed by atoms with van der Waals surface area (Å²) in [6.07, 6.45) is 4.54. The minimum absolute atomic E-state index is 0.174. The van der Waals surface area contributed by atoms with E-state index in [2.05, 4.69) is 14.9 Å². The number of rotatable bonds is 2. The zero-order valence-corrected chi connectivity index (χ0v) is 9.44. The Kier molecular flexibility index (Phi) is 2.65. The molecule has 88 valence electrons. The minimum Gasteiger partial charge on any atom is -0.332 e. The lowest BCUT2D eigenvalue weighted by Gasteiger charge is -2.25. The maximum absolute atomic E-state index is 13.1. The smallest absolute Gasteiger partial charge is 0.123 e. The summed E-state index contributed by atoms with van der Waals surface area (Å²) in [5.41, 5.74) is 2.19. The molecule has 0 spiro atoms. The van der Waals surface area contributed by atoms with E-state index in [-0.39, 0.29) is 11.9 Å². The number of hydrogen-bond acceptors (Lipinski definition) is 2. The fourth-order valence-electron chi connectivity index (χ4n) is 2.35. The summed E-state index contributed by atoms with van der Waals surface area (Å²) in [4.78, 5) is 4.16. The van der Waals surface area contributed by atoms with E-state index in [1.54, 1.807) is 12.1 Å². The van der Waals surface area contributed by atoms with E-state index in [1.165, 1.54) is 11.8 Å². The van der Waals surface area contributed by atoms with Gasteiger partial charge < -0.3 is 9.88 Å². The summed E-state index contributed by atoms with van der Waals surface area (Å²) >= 11 is 0. The number of fused-ring (bicyclic) bond motifs is 1. The summed E-state index contributed by atoms with van der Waals surface area (Å²) in [5.74, 6) is -0.174. The van der Waals surface area contributed by atoms with Crippen molar-refractivity contribution >= 4 is 0 Å². The van der Waals surface area contributed by atoms with Gasteiger partial charge in [-0.1, -0.05) is 12.1 Å². The first kappa shape index (κ1) is 10.5. The predicted octanol–water partition coefficient (Wildman–Crippen LogP) is 1.91. The largest absolute Gasteiger partial charge is 0.332 e. The summed E-state index contributed by atoms with van der Waals surface area (Å²) in [6.45, 7) is 1.89. The molecule has 4 heteroatoms. The van der Waals surface area contributed by atoms with Gasteiger partial charge in [0.1, 0.15) is 5.82 Å². The van der Waals surface area contributed by atoms with Crippen molar-refractivity contribution < 1.29 is 4.39 Å². The average molecular weight is 231 g/mol. The van der Waals surface area contributed by atoms with Crippen molar-refractivity contribution in [3.8, 4) is 0 Å². The average Bonchev–Trinajstić information content (AvgIpc) is 2.78. The molecule has 0 amide bonds. The molecule has 1 aliphatic heterocycles. The van der Waals surface area contributed by atoms with Gasteiger partial charge in [0.2, 0.25) is 0 Å². The standard InChI is InChI=1S/C13H14FN3/c14-11-3-1-2-10(6-11)7-12-13-8-15-9-17(13)5-4-16-12/h1-3,6,8-9,12,16H,4-5,7H2. The maximum atomic E-state index is 13.1. The first-order chi connectivity index (χ1) is 8.33. The highest BCUT2D eigenvalue weighted by Gasteiger charge is 2.19. The Morgan fingerprint density at radius 1 is 1.47 bits per heavy atom. The van der Waals surface area contributed by atoms with Crippen LogP contribution in [0.15, 0.2) is 36.8 Å². The molecular weight excluding hydrogens is 217 g/mol. The second kappa shape index (κ2) is 4.30. The summed E-state index contributed by atoms with van der Waals surface area (Å²) in [7, 11) is 0. The van der Waals surface area contributed by atoms with Crippen LogP contribution in [0.4, 0.5) is 4.39 Å². The molecule has 2 aromatic rings. The SMILES string of the molecule is Fc1cccc(CC2NCCn3cncc32)c1. The molecule has 0 fully saturated rings. The Balaban J connectivity index is 1.84. The Labute approximate surface area is 99.3 Å². The lowest BCUT2D eigenvalue weighted by molar-refractivity contribution is 0.423. The highest BCUT2D eigenvalue weighted by molar-refractivity contribution is 5.20. The van der Waals surface area contributed by atoms with E-state index < -0.39 is 0 Å². The highest BCUT2D eigenvalue weighted by Crippen LogP contribution is 2.21. The number of nitrogens with one attached hydrogen (secondary N) is 1. The first-order valence-electron chi connectivity index (χ1n) is 5.81. The van der Waals surface area contributed by atoms with E-state index >= 15 is 0 Å². The number of hydrogen-bond donors (Lipinski definition) is 1. The Bertz CT molecular complexity index is 521. The van der Waals surface area contributed by atoms with Crippen molar-refractivity contribution in [2.45, 2.75) is 19.0 Å². The van der Waals surface area contributed by atoms with Crippen LogP contribution < -0.4 is 5.32 Å². The van der Waals surface area contributed by atoms with Crippen molar-refractivity contribution in [1.82, 2.24) is 14.9 Å². The van der Waals surface area contributed by atoms with Gasteiger partial charge >= 0.3 is 0 Å². The van der Waals surface area contributed by atoms with E-state index in [4.69, 9.17) is 0 Å². The van der Waals surface area contributed by atoms with Gasteiger partial charge in [-0.15, -0.1) is 0 Å². The lowest BCUT2D eigenvalue weighted by Crippen LogP contribution is -2.34. The molecule has 1 aromatic heterocycles. The Morgan fingerprint density at radius 2 is 2.41 bits per heavy atom. The molecule has 0 radical (unpaired) electrons. The molecule has 1 aromatic carbocycles. The molecule has 0 saturated carbocycles. The van der Waals surface area contributed by atoms with Gasteiger partial charge in [-0.2, -0.15) is 0 Å². The zero-order chi connectivity index (χ0) is 11.7. The van der Waals surface area contributed by atoms with Crippen LogP contribution in [0, 0.1) is 5.82 Å². The van der Waals surface area contributed by atoms with Gasteiger partial charge in [0.25, 0.3) is 0 Å². The summed E-state index contributed by atoms with van der Waals surface area (Å²) in [6, 6.07) is 7.01. The topological polar surface area (TPSA) is 29.9 Å². The van der Waals surface area contributed by atoms with Gasteiger partial charge in [-0.05, 0) is 24.1 Å². The van der Waals surface area contributed by atoms with Crippen molar-refractivity contribution in [2.75, 3.05) is 6.54 Å². The highest BCUT2D eigenvalue weighted by atomic mass is 19.1. The van der Waals surface area contributed by atoms with Crippen LogP contribution in [-0.4, -0.2) is 16.1 Å². The molecule has 17 heavy (non-hydrogen) atoms. The number of halogens is 1. The van der Waals surface area contributed by atoms with Crippen LogP contribution in [0.2, 0.25) is 0 Å². The second-order valence-corrected chi connectivity index (χ2v) is 4.35.